The Morgan fingerprint density at radius 3 is 2.94 bits per heavy atom. The topological polar surface area (TPSA) is 110 Å². The smallest absolute Gasteiger partial charge is 0.413 e. The molecule has 9 heteroatoms. The average Bonchev–Trinajstić information content (AvgIpc) is 2.72. The van der Waals surface area contributed by atoms with Crippen LogP contribution in [-0.4, -0.2) is 28.1 Å². The molecule has 1 heterocycles. The van der Waals surface area contributed by atoms with Crippen molar-refractivity contribution in [3.05, 3.63) is 27.3 Å². The third kappa shape index (κ3) is 2.05. The van der Waals surface area contributed by atoms with E-state index >= 15 is 0 Å². The van der Waals surface area contributed by atoms with Crippen LogP contribution in [0, 0.1) is 10.1 Å². The molecule has 0 unspecified atom stereocenters. The molecule has 0 fully saturated rings. The molecule has 0 bridgehead atoms. The number of aromatic nitrogens is 2. The minimum absolute atomic E-state index is 0.0911. The number of H-pyrrole nitrogens is 1. The van der Waals surface area contributed by atoms with Crippen molar-refractivity contribution in [1.29, 1.82) is 0 Å². The fraction of sp³-hybridized carbons (Fsp3) is 0.111. The van der Waals surface area contributed by atoms with Gasteiger partial charge in [-0.05, 0) is 6.07 Å². The number of hydrogen-bond acceptors (Lipinski definition) is 5. The number of nitrogens with one attached hydrogen (secondary N) is 2. The standard InChI is InChI=1S/C9H7ClN4O4/c1-18-9(15)13-8-11-4-2-3-5(14(16)17)6(10)7(4)12-8/h2-3H,1H3,(H2,11,12,13,15). The van der Waals surface area contributed by atoms with Gasteiger partial charge in [-0.15, -0.1) is 0 Å². The lowest BCUT2D eigenvalue weighted by Gasteiger charge is -1.96. The normalized spacial score (nSPS) is 10.3. The highest BCUT2D eigenvalue weighted by atomic mass is 35.5. The van der Waals surface area contributed by atoms with Crippen molar-refractivity contribution in [3.63, 3.8) is 0 Å². The summed E-state index contributed by atoms with van der Waals surface area (Å²) in [6.07, 6.45) is -0.709. The first kappa shape index (κ1) is 12.1. The summed E-state index contributed by atoms with van der Waals surface area (Å²) in [5, 5.41) is 12.9. The lowest BCUT2D eigenvalue weighted by molar-refractivity contribution is -0.384. The van der Waals surface area contributed by atoms with Gasteiger partial charge in [0.2, 0.25) is 5.95 Å². The van der Waals surface area contributed by atoms with Crippen LogP contribution in [0.15, 0.2) is 12.1 Å². The van der Waals surface area contributed by atoms with Crippen molar-refractivity contribution in [3.8, 4) is 0 Å². The molecule has 0 saturated carbocycles. The number of carbonyl (C=O) groups is 1. The van der Waals surface area contributed by atoms with Crippen molar-refractivity contribution in [2.75, 3.05) is 12.4 Å². The van der Waals surface area contributed by atoms with Crippen molar-refractivity contribution >= 4 is 40.4 Å². The van der Waals surface area contributed by atoms with E-state index in [1.54, 1.807) is 0 Å². The van der Waals surface area contributed by atoms with Crippen LogP contribution in [0.2, 0.25) is 5.02 Å². The van der Waals surface area contributed by atoms with Gasteiger partial charge in [0, 0.05) is 6.07 Å². The molecular weight excluding hydrogens is 264 g/mol. The number of hydrogen-bond donors (Lipinski definition) is 2. The van der Waals surface area contributed by atoms with Gasteiger partial charge in [0.15, 0.2) is 0 Å². The number of amides is 1. The van der Waals surface area contributed by atoms with E-state index in [4.69, 9.17) is 11.6 Å². The zero-order valence-corrected chi connectivity index (χ0v) is 9.82. The number of rotatable bonds is 2. The number of halogens is 1. The molecular formula is C9H7ClN4O4. The van der Waals surface area contributed by atoms with Crippen LogP contribution in [0.3, 0.4) is 0 Å². The fourth-order valence-electron chi connectivity index (χ4n) is 1.38. The average molecular weight is 271 g/mol. The number of nitro groups is 1. The number of ether oxygens (including phenoxy) is 1. The maximum atomic E-state index is 11.0. The summed E-state index contributed by atoms with van der Waals surface area (Å²) in [5.74, 6) is 0.0965. The summed E-state index contributed by atoms with van der Waals surface area (Å²) in [6.45, 7) is 0. The van der Waals surface area contributed by atoms with Crippen LogP contribution in [0.25, 0.3) is 11.0 Å². The van der Waals surface area contributed by atoms with E-state index in [0.717, 1.165) is 0 Å². The highest BCUT2D eigenvalue weighted by Gasteiger charge is 2.18. The lowest BCUT2D eigenvalue weighted by Crippen LogP contribution is -2.11. The third-order valence-electron chi connectivity index (χ3n) is 2.18. The number of anilines is 1. The van der Waals surface area contributed by atoms with Gasteiger partial charge in [-0.3, -0.25) is 15.4 Å². The Morgan fingerprint density at radius 2 is 2.33 bits per heavy atom. The second-order valence-electron chi connectivity index (χ2n) is 3.25. The molecule has 0 aliphatic heterocycles. The molecule has 0 spiro atoms. The molecule has 94 valence electrons. The van der Waals surface area contributed by atoms with Gasteiger partial charge in [0.05, 0.1) is 17.5 Å². The van der Waals surface area contributed by atoms with E-state index in [2.05, 4.69) is 20.0 Å². The van der Waals surface area contributed by atoms with E-state index in [1.807, 2.05) is 0 Å². The van der Waals surface area contributed by atoms with E-state index < -0.39 is 11.0 Å². The summed E-state index contributed by atoms with van der Waals surface area (Å²) in [5.41, 5.74) is 0.426. The van der Waals surface area contributed by atoms with Gasteiger partial charge in [-0.1, -0.05) is 11.6 Å². The van der Waals surface area contributed by atoms with Crippen LogP contribution in [0.5, 0.6) is 0 Å². The quantitative estimate of drug-likeness (QED) is 0.642. The number of aromatic amines is 1. The lowest BCUT2D eigenvalue weighted by atomic mass is 10.3. The number of nitro benzene ring substituents is 1. The van der Waals surface area contributed by atoms with E-state index in [9.17, 15) is 14.9 Å². The minimum Gasteiger partial charge on any atom is -0.453 e. The number of nitrogens with zero attached hydrogens (tertiary/aromatic N) is 2. The minimum atomic E-state index is -0.709. The Hall–Kier alpha value is -2.35. The Balaban J connectivity index is 2.48. The molecule has 1 aromatic carbocycles. The molecule has 0 aliphatic carbocycles. The van der Waals surface area contributed by atoms with Crippen LogP contribution < -0.4 is 5.32 Å². The SMILES string of the molecule is COC(=O)Nc1nc2c(Cl)c([N+](=O)[O-])ccc2[nH]1. The molecule has 8 nitrogen and oxygen atoms in total. The molecule has 0 saturated heterocycles. The first-order chi connectivity index (χ1) is 8.52. The maximum absolute atomic E-state index is 11.0. The molecule has 0 radical (unpaired) electrons. The highest BCUT2D eigenvalue weighted by molar-refractivity contribution is 6.37. The molecule has 2 aromatic rings. The fourth-order valence-corrected chi connectivity index (χ4v) is 1.66. The van der Waals surface area contributed by atoms with Gasteiger partial charge >= 0.3 is 6.09 Å². The Morgan fingerprint density at radius 1 is 1.61 bits per heavy atom. The number of benzene rings is 1. The van der Waals surface area contributed by atoms with Crippen LogP contribution >= 0.6 is 11.6 Å². The molecule has 2 rings (SSSR count). The molecule has 0 aliphatic rings. The number of carbonyl (C=O) groups excluding carboxylic acids is 1. The monoisotopic (exact) mass is 270 g/mol. The summed E-state index contributed by atoms with van der Waals surface area (Å²) in [4.78, 5) is 27.7. The second-order valence-corrected chi connectivity index (χ2v) is 3.63. The first-order valence-corrected chi connectivity index (χ1v) is 5.08. The summed E-state index contributed by atoms with van der Waals surface area (Å²) >= 11 is 5.85. The van der Waals surface area contributed by atoms with E-state index in [-0.39, 0.29) is 22.2 Å². The summed E-state index contributed by atoms with van der Waals surface area (Å²) in [6, 6.07) is 2.71. The van der Waals surface area contributed by atoms with Crippen LogP contribution in [-0.2, 0) is 4.74 Å². The Labute approximate surface area is 105 Å². The van der Waals surface area contributed by atoms with Crippen LogP contribution in [0.4, 0.5) is 16.4 Å². The largest absolute Gasteiger partial charge is 0.453 e. The zero-order chi connectivity index (χ0) is 13.3. The zero-order valence-electron chi connectivity index (χ0n) is 9.06. The predicted molar refractivity (Wildman–Crippen MR) is 63.8 cm³/mol. The molecule has 2 N–H and O–H groups in total. The Bertz CT molecular complexity index is 639. The van der Waals surface area contributed by atoms with Crippen LogP contribution in [0.1, 0.15) is 0 Å². The number of fused-ring (bicyclic) bond motifs is 1. The van der Waals surface area contributed by atoms with Gasteiger partial charge < -0.3 is 9.72 Å². The number of methoxy groups -OCH3 is 1. The molecule has 18 heavy (non-hydrogen) atoms. The summed E-state index contributed by atoms with van der Waals surface area (Å²) < 4.78 is 4.39. The van der Waals surface area contributed by atoms with Crippen molar-refractivity contribution in [1.82, 2.24) is 9.97 Å². The van der Waals surface area contributed by atoms with Gasteiger partial charge in [0.25, 0.3) is 5.69 Å². The van der Waals surface area contributed by atoms with Crippen molar-refractivity contribution < 1.29 is 14.5 Å². The van der Waals surface area contributed by atoms with Gasteiger partial charge in [-0.2, -0.15) is 0 Å². The van der Waals surface area contributed by atoms with E-state index in [0.29, 0.717) is 5.52 Å². The summed E-state index contributed by atoms with van der Waals surface area (Å²) in [7, 11) is 1.20. The maximum Gasteiger partial charge on any atom is 0.413 e. The first-order valence-electron chi connectivity index (χ1n) is 4.70. The van der Waals surface area contributed by atoms with Crippen molar-refractivity contribution in [2.24, 2.45) is 0 Å². The highest BCUT2D eigenvalue weighted by Crippen LogP contribution is 2.31. The second kappa shape index (κ2) is 4.49. The predicted octanol–water partition coefficient (Wildman–Crippen LogP) is 2.30. The molecule has 0 atom stereocenters. The van der Waals surface area contributed by atoms with Gasteiger partial charge in [-0.25, -0.2) is 9.78 Å². The number of imidazole rings is 1. The molecule has 1 amide bonds. The van der Waals surface area contributed by atoms with Crippen molar-refractivity contribution in [2.45, 2.75) is 0 Å². The Kier molecular flexibility index (Phi) is 3.02. The third-order valence-corrected chi connectivity index (χ3v) is 2.55. The van der Waals surface area contributed by atoms with Gasteiger partial charge in [0.1, 0.15) is 10.5 Å². The molecule has 1 aromatic heterocycles. The van der Waals surface area contributed by atoms with E-state index in [1.165, 1.54) is 19.2 Å².